The molecular weight excluding hydrogens is 360 g/mol. The maximum atomic E-state index is 12.7. The average molecular weight is 389 g/mol. The number of rotatable bonds is 3. The lowest BCUT2D eigenvalue weighted by Gasteiger charge is -2.32. The van der Waals surface area contributed by atoms with Gasteiger partial charge in [0.2, 0.25) is 0 Å². The van der Waals surface area contributed by atoms with E-state index >= 15 is 0 Å². The molecule has 5 N–H and O–H groups in total. The van der Waals surface area contributed by atoms with E-state index in [2.05, 4.69) is 28.8 Å². The first-order chi connectivity index (χ1) is 11.4. The quantitative estimate of drug-likeness (QED) is 0.635. The number of urea groups is 1. The summed E-state index contributed by atoms with van der Waals surface area (Å²) >= 11 is 1.13. The summed E-state index contributed by atoms with van der Waals surface area (Å²) < 4.78 is 16.7. The normalized spacial score (nSPS) is 26.8. The van der Waals surface area contributed by atoms with Crippen LogP contribution in [0, 0.1) is 6.92 Å². The molecule has 1 saturated heterocycles. The summed E-state index contributed by atoms with van der Waals surface area (Å²) in [4.78, 5) is 12.9. The molecule has 1 aromatic rings. The van der Waals surface area contributed by atoms with Crippen LogP contribution in [-0.4, -0.2) is 33.5 Å². The van der Waals surface area contributed by atoms with E-state index in [9.17, 15) is 14.1 Å². The second kappa shape index (κ2) is 7.32. The molecule has 3 atom stereocenters. The number of aryl methyl sites for hydroxylation is 1. The predicted octanol–water partition coefficient (Wildman–Crippen LogP) is 2.22. The molecular formula is C16H28N4O3S2. The first kappa shape index (κ1) is 20.3. The molecule has 0 saturated carbocycles. The molecule has 9 heteroatoms. The van der Waals surface area contributed by atoms with E-state index in [0.717, 1.165) is 29.7 Å². The van der Waals surface area contributed by atoms with Gasteiger partial charge in [-0.3, -0.25) is 0 Å². The number of carbonyl (C=O) groups excluding carboxylic acids is 1. The molecule has 1 fully saturated rings. The first-order valence-electron chi connectivity index (χ1n) is 8.33. The Bertz CT molecular complexity index is 750. The maximum Gasteiger partial charge on any atom is 0.350 e. The standard InChI is InChI=1S/C16H28N4O3S2/c1-9-6-13(24-14(9)16(4,5)22)25(17,23)20-15(21)19-12-7-10(2)18-11(3)8-12/h6,10-12,18,22H,7-8H2,1-5H3,(H3,17,19,20,21,23). The Balaban J connectivity index is 2.18. The number of carbonyl (C=O) groups is 1. The van der Waals surface area contributed by atoms with E-state index in [1.54, 1.807) is 26.8 Å². The number of aliphatic hydroxyl groups is 1. The highest BCUT2D eigenvalue weighted by Gasteiger charge is 2.26. The van der Waals surface area contributed by atoms with E-state index in [1.807, 2.05) is 0 Å². The van der Waals surface area contributed by atoms with Crippen molar-refractivity contribution in [2.24, 2.45) is 9.50 Å². The van der Waals surface area contributed by atoms with Crippen LogP contribution in [0.4, 0.5) is 4.79 Å². The zero-order chi connectivity index (χ0) is 19.0. The van der Waals surface area contributed by atoms with Crippen LogP contribution in [0.25, 0.3) is 0 Å². The van der Waals surface area contributed by atoms with E-state index < -0.39 is 21.5 Å². The topological polar surface area (TPSA) is 117 Å². The second-order valence-electron chi connectivity index (χ2n) is 7.38. The van der Waals surface area contributed by atoms with Gasteiger partial charge in [0, 0.05) is 23.0 Å². The van der Waals surface area contributed by atoms with Gasteiger partial charge in [-0.2, -0.15) is 0 Å². The predicted molar refractivity (Wildman–Crippen MR) is 101 cm³/mol. The monoisotopic (exact) mass is 388 g/mol. The van der Waals surface area contributed by atoms with Gasteiger partial charge in [0.25, 0.3) is 0 Å². The van der Waals surface area contributed by atoms with Crippen LogP contribution < -0.4 is 15.8 Å². The first-order valence-corrected chi connectivity index (χ1v) is 10.7. The van der Waals surface area contributed by atoms with Crippen LogP contribution in [-0.2, 0) is 15.5 Å². The Kier molecular flexibility index (Phi) is 5.95. The van der Waals surface area contributed by atoms with Gasteiger partial charge >= 0.3 is 6.03 Å². The van der Waals surface area contributed by atoms with Gasteiger partial charge in [-0.15, -0.1) is 15.7 Å². The fraction of sp³-hybridized carbons (Fsp3) is 0.688. The minimum atomic E-state index is -3.34. The van der Waals surface area contributed by atoms with Crippen molar-refractivity contribution in [3.63, 3.8) is 0 Å². The molecule has 2 amide bonds. The Hall–Kier alpha value is -1.00. The van der Waals surface area contributed by atoms with E-state index in [4.69, 9.17) is 5.14 Å². The number of nitrogens with zero attached hydrogens (tertiary/aromatic N) is 1. The van der Waals surface area contributed by atoms with Crippen LogP contribution in [0.15, 0.2) is 14.6 Å². The number of thiophene rings is 1. The lowest BCUT2D eigenvalue weighted by Crippen LogP contribution is -2.50. The molecule has 1 aliphatic heterocycles. The summed E-state index contributed by atoms with van der Waals surface area (Å²) in [5, 5.41) is 22.2. The smallest absolute Gasteiger partial charge is 0.350 e. The van der Waals surface area contributed by atoms with Crippen molar-refractivity contribution >= 4 is 27.3 Å². The molecule has 0 spiro atoms. The van der Waals surface area contributed by atoms with Crippen LogP contribution in [0.1, 0.15) is 51.0 Å². The SMILES string of the molecule is Cc1cc(S(N)(=O)=NC(=O)NC2CC(C)NC(C)C2)sc1C(C)(C)O. The average Bonchev–Trinajstić information content (AvgIpc) is 2.79. The third-order valence-electron chi connectivity index (χ3n) is 4.13. The number of hydrogen-bond donors (Lipinski definition) is 4. The summed E-state index contributed by atoms with van der Waals surface area (Å²) in [5.41, 5.74) is -0.283. The molecule has 2 rings (SSSR count). The maximum absolute atomic E-state index is 12.7. The van der Waals surface area contributed by atoms with E-state index in [-0.39, 0.29) is 6.04 Å². The second-order valence-corrected chi connectivity index (χ2v) is 10.5. The number of nitrogens with one attached hydrogen (secondary N) is 2. The molecule has 3 unspecified atom stereocenters. The Morgan fingerprint density at radius 1 is 1.44 bits per heavy atom. The highest BCUT2D eigenvalue weighted by Crippen LogP contribution is 2.34. The Morgan fingerprint density at radius 2 is 2.00 bits per heavy atom. The van der Waals surface area contributed by atoms with E-state index in [1.165, 1.54) is 0 Å². The largest absolute Gasteiger partial charge is 0.385 e. The van der Waals surface area contributed by atoms with Gasteiger partial charge in [-0.25, -0.2) is 14.1 Å². The number of nitrogens with two attached hydrogens (primary N) is 1. The van der Waals surface area contributed by atoms with Crippen LogP contribution in [0.5, 0.6) is 0 Å². The molecule has 0 bridgehead atoms. The van der Waals surface area contributed by atoms with Gasteiger partial charge in [-0.05, 0) is 59.1 Å². The summed E-state index contributed by atoms with van der Waals surface area (Å²) in [7, 11) is -3.34. The van der Waals surface area contributed by atoms with Crippen molar-refractivity contribution in [3.8, 4) is 0 Å². The minimum absolute atomic E-state index is 0.0188. The summed E-state index contributed by atoms with van der Waals surface area (Å²) in [6, 6.07) is 1.55. The minimum Gasteiger partial charge on any atom is -0.385 e. The highest BCUT2D eigenvalue weighted by atomic mass is 32.2. The number of hydrogen-bond acceptors (Lipinski definition) is 5. The van der Waals surface area contributed by atoms with Gasteiger partial charge in [0.1, 0.15) is 4.21 Å². The molecule has 0 aliphatic carbocycles. The number of piperidine rings is 1. The van der Waals surface area contributed by atoms with Gasteiger partial charge in [0.15, 0.2) is 9.92 Å². The van der Waals surface area contributed by atoms with Crippen molar-refractivity contribution in [1.29, 1.82) is 0 Å². The lowest BCUT2D eigenvalue weighted by molar-refractivity contribution is 0.0819. The summed E-state index contributed by atoms with van der Waals surface area (Å²) in [6.45, 7) is 9.23. The fourth-order valence-electron chi connectivity index (χ4n) is 3.26. The number of amides is 2. The molecule has 25 heavy (non-hydrogen) atoms. The van der Waals surface area contributed by atoms with Gasteiger partial charge in [-0.1, -0.05) is 0 Å². The van der Waals surface area contributed by atoms with Crippen molar-refractivity contribution in [1.82, 2.24) is 10.6 Å². The van der Waals surface area contributed by atoms with Crippen molar-refractivity contribution < 1.29 is 14.1 Å². The van der Waals surface area contributed by atoms with Gasteiger partial charge < -0.3 is 15.7 Å². The van der Waals surface area contributed by atoms with Crippen molar-refractivity contribution in [2.75, 3.05) is 0 Å². The van der Waals surface area contributed by atoms with Crippen LogP contribution >= 0.6 is 11.3 Å². The third-order valence-corrected chi connectivity index (χ3v) is 7.57. The molecule has 1 aromatic heterocycles. The molecule has 7 nitrogen and oxygen atoms in total. The summed E-state index contributed by atoms with van der Waals surface area (Å²) in [5.74, 6) is 0. The molecule has 142 valence electrons. The van der Waals surface area contributed by atoms with Crippen LogP contribution in [0.2, 0.25) is 0 Å². The van der Waals surface area contributed by atoms with E-state index in [0.29, 0.717) is 21.2 Å². The molecule has 1 aliphatic rings. The molecule has 0 radical (unpaired) electrons. The zero-order valence-electron chi connectivity index (χ0n) is 15.3. The highest BCUT2D eigenvalue weighted by molar-refractivity contribution is 7.93. The Labute approximate surface area is 153 Å². The van der Waals surface area contributed by atoms with Gasteiger partial charge in [0.05, 0.1) is 5.60 Å². The lowest BCUT2D eigenvalue weighted by atomic mass is 9.95. The third kappa shape index (κ3) is 5.24. The fourth-order valence-corrected chi connectivity index (χ4v) is 5.74. The Morgan fingerprint density at radius 3 is 2.48 bits per heavy atom. The molecule has 2 heterocycles. The van der Waals surface area contributed by atoms with Crippen LogP contribution in [0.3, 0.4) is 0 Å². The zero-order valence-corrected chi connectivity index (χ0v) is 17.0. The van der Waals surface area contributed by atoms with Crippen molar-refractivity contribution in [3.05, 3.63) is 16.5 Å². The molecule has 0 aromatic carbocycles. The van der Waals surface area contributed by atoms with Crippen molar-refractivity contribution in [2.45, 2.75) is 75.4 Å². The summed E-state index contributed by atoms with van der Waals surface area (Å²) in [6.07, 6.45) is 1.58.